The first-order valence-electron chi connectivity index (χ1n) is 5.29. The van der Waals surface area contributed by atoms with E-state index < -0.39 is 11.9 Å². The van der Waals surface area contributed by atoms with Crippen molar-refractivity contribution in [3.8, 4) is 0 Å². The van der Waals surface area contributed by atoms with Crippen LogP contribution in [0, 0.1) is 5.92 Å². The van der Waals surface area contributed by atoms with Gasteiger partial charge in [0.25, 0.3) is 0 Å². The van der Waals surface area contributed by atoms with Crippen LogP contribution in [-0.4, -0.2) is 36.0 Å². The third-order valence-corrected chi connectivity index (χ3v) is 2.72. The quantitative estimate of drug-likeness (QED) is 0.628. The number of carbonyl (C=O) groups excluding carboxylic acids is 1. The fourth-order valence-corrected chi connectivity index (χ4v) is 1.47. The van der Waals surface area contributed by atoms with Gasteiger partial charge in [-0.2, -0.15) is 0 Å². The van der Waals surface area contributed by atoms with E-state index in [9.17, 15) is 4.79 Å². The summed E-state index contributed by atoms with van der Waals surface area (Å²) in [6.07, 6.45) is 2.63. The van der Waals surface area contributed by atoms with Crippen molar-refractivity contribution in [2.24, 2.45) is 17.4 Å². The van der Waals surface area contributed by atoms with Crippen molar-refractivity contribution in [2.75, 3.05) is 13.1 Å². The van der Waals surface area contributed by atoms with Crippen LogP contribution >= 0.6 is 0 Å². The average Bonchev–Trinajstić information content (AvgIpc) is 2.86. The van der Waals surface area contributed by atoms with E-state index >= 15 is 0 Å². The average molecular weight is 199 g/mol. The molecule has 1 fully saturated rings. The SMILES string of the molecule is CC(C)N(CC1CC1)CC(N)C(N)=O. The van der Waals surface area contributed by atoms with Crippen LogP contribution in [-0.2, 0) is 4.79 Å². The number of rotatable bonds is 6. The first-order valence-corrected chi connectivity index (χ1v) is 5.29. The van der Waals surface area contributed by atoms with Crippen LogP contribution in [0.2, 0.25) is 0 Å². The van der Waals surface area contributed by atoms with Crippen LogP contribution in [0.5, 0.6) is 0 Å². The monoisotopic (exact) mass is 199 g/mol. The Morgan fingerprint density at radius 1 is 1.50 bits per heavy atom. The molecule has 0 aliphatic heterocycles. The van der Waals surface area contributed by atoms with E-state index in [4.69, 9.17) is 11.5 Å². The van der Waals surface area contributed by atoms with Gasteiger partial charge in [-0.15, -0.1) is 0 Å². The highest BCUT2D eigenvalue weighted by Crippen LogP contribution is 2.30. The largest absolute Gasteiger partial charge is 0.368 e. The van der Waals surface area contributed by atoms with E-state index in [-0.39, 0.29) is 0 Å². The molecule has 0 bridgehead atoms. The third kappa shape index (κ3) is 3.64. The molecule has 1 aliphatic rings. The molecule has 4 nitrogen and oxygen atoms in total. The van der Waals surface area contributed by atoms with E-state index in [0.717, 1.165) is 12.5 Å². The number of primary amides is 1. The molecule has 0 saturated heterocycles. The van der Waals surface area contributed by atoms with Gasteiger partial charge in [-0.3, -0.25) is 9.69 Å². The second-order valence-electron chi connectivity index (χ2n) is 4.50. The summed E-state index contributed by atoms with van der Waals surface area (Å²) in [5, 5.41) is 0. The highest BCUT2D eigenvalue weighted by atomic mass is 16.1. The molecule has 1 saturated carbocycles. The number of carbonyl (C=O) groups is 1. The lowest BCUT2D eigenvalue weighted by atomic mass is 10.2. The van der Waals surface area contributed by atoms with Crippen LogP contribution < -0.4 is 11.5 Å². The Morgan fingerprint density at radius 2 is 2.07 bits per heavy atom. The van der Waals surface area contributed by atoms with Gasteiger partial charge in [-0.1, -0.05) is 0 Å². The van der Waals surface area contributed by atoms with Gasteiger partial charge in [0.1, 0.15) is 0 Å². The predicted molar refractivity (Wildman–Crippen MR) is 56.6 cm³/mol. The molecule has 0 aromatic heterocycles. The first kappa shape index (κ1) is 11.5. The lowest BCUT2D eigenvalue weighted by Crippen LogP contribution is -2.48. The molecule has 1 amide bonds. The third-order valence-electron chi connectivity index (χ3n) is 2.72. The Kier molecular flexibility index (Phi) is 3.89. The first-order chi connectivity index (χ1) is 6.50. The molecular weight excluding hydrogens is 178 g/mol. The molecule has 0 aromatic rings. The highest BCUT2D eigenvalue weighted by Gasteiger charge is 2.27. The Morgan fingerprint density at radius 3 is 2.43 bits per heavy atom. The predicted octanol–water partition coefficient (Wildman–Crippen LogP) is -0.0806. The van der Waals surface area contributed by atoms with Crippen molar-refractivity contribution in [2.45, 2.75) is 38.8 Å². The van der Waals surface area contributed by atoms with Crippen molar-refractivity contribution in [1.29, 1.82) is 0 Å². The molecular formula is C10H21N3O. The topological polar surface area (TPSA) is 72.3 Å². The minimum absolute atomic E-state index is 0.411. The van der Waals surface area contributed by atoms with E-state index in [0.29, 0.717) is 12.6 Å². The van der Waals surface area contributed by atoms with Crippen LogP contribution in [0.3, 0.4) is 0 Å². The highest BCUT2D eigenvalue weighted by molar-refractivity contribution is 5.79. The van der Waals surface area contributed by atoms with Gasteiger partial charge in [0.15, 0.2) is 0 Å². The van der Waals surface area contributed by atoms with Gasteiger partial charge in [0.05, 0.1) is 6.04 Å². The molecule has 0 aromatic carbocycles. The molecule has 0 radical (unpaired) electrons. The lowest BCUT2D eigenvalue weighted by molar-refractivity contribution is -0.119. The van der Waals surface area contributed by atoms with Crippen LogP contribution in [0.25, 0.3) is 0 Å². The summed E-state index contributed by atoms with van der Waals surface area (Å²) in [6, 6.07) is -0.0999. The van der Waals surface area contributed by atoms with E-state index in [1.165, 1.54) is 12.8 Å². The molecule has 82 valence electrons. The number of amides is 1. The summed E-state index contributed by atoms with van der Waals surface area (Å²) in [7, 11) is 0. The Hall–Kier alpha value is -0.610. The van der Waals surface area contributed by atoms with Gasteiger partial charge >= 0.3 is 0 Å². The summed E-state index contributed by atoms with van der Waals surface area (Å²) in [4.78, 5) is 13.1. The van der Waals surface area contributed by atoms with Gasteiger partial charge in [-0.05, 0) is 32.6 Å². The zero-order valence-electron chi connectivity index (χ0n) is 9.07. The van der Waals surface area contributed by atoms with Gasteiger partial charge in [0.2, 0.25) is 5.91 Å². The molecule has 0 heterocycles. The number of hydrogen-bond acceptors (Lipinski definition) is 3. The Bertz CT molecular complexity index is 202. The summed E-state index contributed by atoms with van der Waals surface area (Å²) in [5.41, 5.74) is 10.8. The van der Waals surface area contributed by atoms with E-state index in [1.807, 2.05) is 0 Å². The maximum Gasteiger partial charge on any atom is 0.235 e. The molecule has 1 rings (SSSR count). The van der Waals surface area contributed by atoms with Crippen molar-refractivity contribution < 1.29 is 4.79 Å². The standard InChI is InChI=1S/C10H21N3O/c1-7(2)13(5-8-3-4-8)6-9(11)10(12)14/h7-9H,3-6,11H2,1-2H3,(H2,12,14). The van der Waals surface area contributed by atoms with Gasteiger partial charge in [0, 0.05) is 19.1 Å². The van der Waals surface area contributed by atoms with Crippen LogP contribution in [0.4, 0.5) is 0 Å². The zero-order valence-corrected chi connectivity index (χ0v) is 9.07. The summed E-state index contributed by atoms with van der Waals surface area (Å²) < 4.78 is 0. The maximum atomic E-state index is 10.8. The number of nitrogens with zero attached hydrogens (tertiary/aromatic N) is 1. The normalized spacial score (nSPS) is 18.9. The molecule has 1 atom stereocenters. The Labute approximate surface area is 85.6 Å². The summed E-state index contributed by atoms with van der Waals surface area (Å²) in [6.45, 7) is 5.88. The minimum Gasteiger partial charge on any atom is -0.368 e. The summed E-state index contributed by atoms with van der Waals surface area (Å²) >= 11 is 0. The number of nitrogens with two attached hydrogens (primary N) is 2. The molecule has 1 aliphatic carbocycles. The Balaban J connectivity index is 2.37. The zero-order chi connectivity index (χ0) is 10.7. The fraction of sp³-hybridized carbons (Fsp3) is 0.900. The van der Waals surface area contributed by atoms with Gasteiger partial charge in [-0.25, -0.2) is 0 Å². The second-order valence-corrected chi connectivity index (χ2v) is 4.50. The van der Waals surface area contributed by atoms with E-state index in [1.54, 1.807) is 0 Å². The van der Waals surface area contributed by atoms with E-state index in [2.05, 4.69) is 18.7 Å². The van der Waals surface area contributed by atoms with Crippen LogP contribution in [0.1, 0.15) is 26.7 Å². The van der Waals surface area contributed by atoms with Crippen molar-refractivity contribution in [3.05, 3.63) is 0 Å². The fourth-order valence-electron chi connectivity index (χ4n) is 1.47. The molecule has 4 N–H and O–H groups in total. The lowest BCUT2D eigenvalue weighted by Gasteiger charge is -2.28. The maximum absolute atomic E-state index is 10.8. The molecule has 14 heavy (non-hydrogen) atoms. The van der Waals surface area contributed by atoms with Crippen molar-refractivity contribution in [1.82, 2.24) is 4.90 Å². The van der Waals surface area contributed by atoms with Crippen molar-refractivity contribution in [3.63, 3.8) is 0 Å². The minimum atomic E-state index is -0.531. The molecule has 1 unspecified atom stereocenters. The number of hydrogen-bond donors (Lipinski definition) is 2. The van der Waals surface area contributed by atoms with Gasteiger partial charge < -0.3 is 11.5 Å². The van der Waals surface area contributed by atoms with Crippen LogP contribution in [0.15, 0.2) is 0 Å². The second kappa shape index (κ2) is 4.75. The smallest absolute Gasteiger partial charge is 0.235 e. The van der Waals surface area contributed by atoms with Crippen molar-refractivity contribution >= 4 is 5.91 Å². The molecule has 0 spiro atoms. The molecule has 4 heteroatoms. The summed E-state index contributed by atoms with van der Waals surface area (Å²) in [5.74, 6) is 0.406.